The van der Waals surface area contributed by atoms with Gasteiger partial charge < -0.3 is 0 Å². The van der Waals surface area contributed by atoms with Crippen LogP contribution in [0, 0.1) is 0 Å². The largest absolute Gasteiger partial charge is 0.534 e. The third-order valence-corrected chi connectivity index (χ3v) is 9.08. The molecule has 0 bridgehead atoms. The maximum Gasteiger partial charge on any atom is 0.534 e. The summed E-state index contributed by atoms with van der Waals surface area (Å²) in [7, 11) is -8.76. The number of hydrogen-bond acceptors (Lipinski definition) is 4. The van der Waals surface area contributed by atoms with Gasteiger partial charge >= 0.3 is 18.7 Å². The molecule has 0 unspecified atom stereocenters. The molecule has 0 heterocycles. The van der Waals surface area contributed by atoms with Gasteiger partial charge in [-0.3, -0.25) is 4.18 Å². The summed E-state index contributed by atoms with van der Waals surface area (Å²) in [6.07, 6.45) is -6.33. The molecule has 20 heavy (non-hydrogen) atoms. The second-order valence-electron chi connectivity index (χ2n) is 3.30. The predicted octanol–water partition coefficient (Wildman–Crippen LogP) is 4.75. The van der Waals surface area contributed by atoms with Crippen LogP contribution in [0.1, 0.15) is 0 Å². The maximum absolute atomic E-state index is 13.1. The molecule has 0 fully saturated rings. The molecule has 3 nitrogen and oxygen atoms in total. The molecule has 0 aromatic carbocycles. The van der Waals surface area contributed by atoms with Gasteiger partial charge in [-0.05, 0) is 10.8 Å². The highest BCUT2D eigenvalue weighted by atomic mass is 33.2. The van der Waals surface area contributed by atoms with Crippen molar-refractivity contribution in [3.8, 4) is 0 Å². The summed E-state index contributed by atoms with van der Waals surface area (Å²) in [6, 6.07) is -2.09. The van der Waals surface area contributed by atoms with Gasteiger partial charge in [-0.15, -0.1) is 13.2 Å². The van der Waals surface area contributed by atoms with E-state index in [-0.39, 0.29) is 6.26 Å². The van der Waals surface area contributed by atoms with Gasteiger partial charge in [0.2, 0.25) is 6.86 Å². The van der Waals surface area contributed by atoms with Crippen LogP contribution >= 0.6 is 19.0 Å². The molecule has 0 aliphatic heterocycles. The summed E-state index contributed by atoms with van der Waals surface area (Å²) >= 11 is 0. The van der Waals surface area contributed by atoms with Crippen molar-refractivity contribution < 1.29 is 52.1 Å². The Kier molecular flexibility index (Phi) is 5.61. The summed E-state index contributed by atoms with van der Waals surface area (Å²) in [6.45, 7) is -6.68. The fourth-order valence-electron chi connectivity index (χ4n) is 1.06. The molecular weight excluding hydrogens is 355 g/mol. The second kappa shape index (κ2) is 5.62. The quantitative estimate of drug-likeness (QED) is 0.459. The monoisotopic (exact) mass is 364 g/mol. The number of rotatable bonds is 8. The standard InChI is InChI=1S/C6H9F9O3S2/c1-20(5(11)12,16-2-7,19-3-8,17-4(9)10)18-6(13,14)15/h4-5H,2-3H2,1H3. The Labute approximate surface area is 110 Å². The van der Waals surface area contributed by atoms with E-state index in [1.54, 1.807) is 0 Å². The minimum Gasteiger partial charge on any atom is -0.266 e. The molecule has 0 N–H and O–H groups in total. The number of alkyl halides is 9. The first-order valence-corrected chi connectivity index (χ1v) is 8.50. The lowest BCUT2D eigenvalue weighted by Crippen LogP contribution is -2.49. The highest BCUT2D eigenvalue weighted by molar-refractivity contribution is 9.06. The molecule has 0 saturated carbocycles. The van der Waals surface area contributed by atoms with E-state index in [1.807, 2.05) is 0 Å². The van der Waals surface area contributed by atoms with Gasteiger partial charge in [0.25, 0.3) is 0 Å². The fourth-order valence-corrected chi connectivity index (χ4v) is 5.26. The van der Waals surface area contributed by atoms with E-state index in [0.29, 0.717) is 0 Å². The van der Waals surface area contributed by atoms with Crippen LogP contribution in [0.2, 0.25) is 0 Å². The van der Waals surface area contributed by atoms with Crippen LogP contribution in [0.25, 0.3) is 0 Å². The first-order chi connectivity index (χ1) is 8.78. The van der Waals surface area contributed by atoms with Crippen molar-refractivity contribution in [3.63, 3.8) is 0 Å². The van der Waals surface area contributed by atoms with Crippen molar-refractivity contribution in [1.29, 1.82) is 0 Å². The number of hydrogen-bond donors (Lipinski definition) is 0. The van der Waals surface area contributed by atoms with Gasteiger partial charge in [0, 0.05) is 6.26 Å². The van der Waals surface area contributed by atoms with E-state index in [0.717, 1.165) is 0 Å². The molecule has 14 heteroatoms. The van der Waals surface area contributed by atoms with Crippen LogP contribution in [0.3, 0.4) is 0 Å². The Morgan fingerprint density at radius 3 is 1.85 bits per heavy atom. The van der Waals surface area contributed by atoms with Crippen LogP contribution in [0.4, 0.5) is 39.5 Å². The normalized spacial score (nSPS) is 17.4. The molecule has 0 aliphatic carbocycles. The molecule has 0 radical (unpaired) electrons. The molecule has 0 aromatic rings. The van der Waals surface area contributed by atoms with Crippen LogP contribution in [0.15, 0.2) is 0 Å². The van der Waals surface area contributed by atoms with Crippen LogP contribution in [-0.2, 0) is 12.5 Å². The first-order valence-electron chi connectivity index (χ1n) is 4.30. The molecule has 0 amide bonds. The zero-order chi connectivity index (χ0) is 16.3. The minimum absolute atomic E-state index is 0.339. The highest BCUT2D eigenvalue weighted by Gasteiger charge is 2.74. The van der Waals surface area contributed by atoms with E-state index in [9.17, 15) is 39.5 Å². The van der Waals surface area contributed by atoms with E-state index in [4.69, 9.17) is 0 Å². The zero-order valence-corrected chi connectivity index (χ0v) is 11.1. The van der Waals surface area contributed by atoms with Gasteiger partial charge in [-0.2, -0.15) is 17.6 Å². The minimum atomic E-state index is -7.61. The fraction of sp³-hybridized carbons (Fsp3) is 1.00. The highest BCUT2D eigenvalue weighted by Crippen LogP contribution is 3.01. The van der Waals surface area contributed by atoms with Crippen molar-refractivity contribution in [2.24, 2.45) is 0 Å². The Balaban J connectivity index is 6.27. The molecule has 0 aromatic heterocycles. The summed E-state index contributed by atoms with van der Waals surface area (Å²) in [4.78, 5) is 0. The van der Waals surface area contributed by atoms with E-state index in [2.05, 4.69) is 12.5 Å². The summed E-state index contributed by atoms with van der Waals surface area (Å²) < 4.78 is 122. The second-order valence-corrected chi connectivity index (χ2v) is 11.6. The smallest absolute Gasteiger partial charge is 0.266 e. The van der Waals surface area contributed by atoms with Crippen LogP contribution < -0.4 is 0 Å². The molecule has 0 saturated heterocycles. The third-order valence-electron chi connectivity index (χ3n) is 1.89. The summed E-state index contributed by atoms with van der Waals surface area (Å²) in [5.41, 5.74) is 0. The average molecular weight is 364 g/mol. The summed E-state index contributed by atoms with van der Waals surface area (Å²) in [5, 5.41) is 0. The van der Waals surface area contributed by atoms with Gasteiger partial charge in [-0.1, -0.05) is 0 Å². The Hall–Kier alpha value is -0.0500. The van der Waals surface area contributed by atoms with Crippen molar-refractivity contribution in [2.75, 3.05) is 19.1 Å². The Morgan fingerprint density at radius 1 is 1.10 bits per heavy atom. The van der Waals surface area contributed by atoms with Crippen molar-refractivity contribution >= 4 is 19.0 Å². The van der Waals surface area contributed by atoms with Crippen molar-refractivity contribution in [1.82, 2.24) is 0 Å². The maximum atomic E-state index is 13.1. The Bertz CT molecular complexity index is 343. The lowest BCUT2D eigenvalue weighted by molar-refractivity contribution is -0.287. The number of halogens is 9. The predicted molar refractivity (Wildman–Crippen MR) is 54.4 cm³/mol. The van der Waals surface area contributed by atoms with E-state index >= 15 is 0 Å². The van der Waals surface area contributed by atoms with E-state index < -0.39 is 50.6 Å². The lowest BCUT2D eigenvalue weighted by Gasteiger charge is -2.69. The third kappa shape index (κ3) is 3.78. The van der Waals surface area contributed by atoms with Crippen molar-refractivity contribution in [2.45, 2.75) is 18.7 Å². The average Bonchev–Trinajstić information content (AvgIpc) is 2.12. The zero-order valence-electron chi connectivity index (χ0n) is 9.51. The molecule has 0 spiro atoms. The van der Waals surface area contributed by atoms with Gasteiger partial charge in [-0.25, -0.2) is 17.1 Å². The topological polar surface area (TPSA) is 27.7 Å². The Morgan fingerprint density at radius 2 is 1.60 bits per heavy atom. The van der Waals surface area contributed by atoms with Crippen molar-refractivity contribution in [3.05, 3.63) is 0 Å². The van der Waals surface area contributed by atoms with Crippen LogP contribution in [0.5, 0.6) is 0 Å². The lowest BCUT2D eigenvalue weighted by atomic mass is 11.4. The molecular formula is C6H9F9O3S2. The molecule has 126 valence electrons. The van der Waals surface area contributed by atoms with Gasteiger partial charge in [0.15, 0.2) is 0 Å². The SMILES string of the molecule is CS(OCF)(OC(F)F)(OC(F)(F)F)(SCF)C(F)F. The van der Waals surface area contributed by atoms with Gasteiger partial charge in [0.1, 0.15) is 6.01 Å². The van der Waals surface area contributed by atoms with Crippen LogP contribution in [-0.4, -0.2) is 37.9 Å². The summed E-state index contributed by atoms with van der Waals surface area (Å²) in [5.74, 6) is -4.55. The molecule has 0 atom stereocenters. The van der Waals surface area contributed by atoms with Gasteiger partial charge in [0.05, 0.1) is 8.17 Å². The van der Waals surface area contributed by atoms with E-state index in [1.165, 1.54) is 0 Å². The molecule has 0 rings (SSSR count). The first kappa shape index (κ1) is 19.9. The molecule has 0 aliphatic rings.